The van der Waals surface area contributed by atoms with Crippen molar-refractivity contribution < 1.29 is 14.3 Å². The Morgan fingerprint density at radius 1 is 1.10 bits per heavy atom. The second-order valence-electron chi connectivity index (χ2n) is 8.12. The summed E-state index contributed by atoms with van der Waals surface area (Å²) in [6, 6.07) is 14.7. The lowest BCUT2D eigenvalue weighted by Crippen LogP contribution is -2.37. The molecule has 0 aromatic heterocycles. The summed E-state index contributed by atoms with van der Waals surface area (Å²) in [5, 5.41) is 2.94. The molecule has 1 aliphatic carbocycles. The van der Waals surface area contributed by atoms with Crippen LogP contribution in [0.15, 0.2) is 48.5 Å². The Bertz CT molecular complexity index is 878. The van der Waals surface area contributed by atoms with E-state index in [1.54, 1.807) is 31.4 Å². The zero-order valence-corrected chi connectivity index (χ0v) is 18.3. The van der Waals surface area contributed by atoms with Gasteiger partial charge in [0.25, 0.3) is 5.91 Å². The maximum absolute atomic E-state index is 13.1. The number of nitrogens with one attached hydrogen (secondary N) is 1. The number of ether oxygens (including phenoxy) is 1. The lowest BCUT2D eigenvalue weighted by atomic mass is 9.88. The third-order valence-electron chi connectivity index (χ3n) is 5.79. The van der Waals surface area contributed by atoms with Gasteiger partial charge in [0.1, 0.15) is 5.75 Å². The maximum atomic E-state index is 13.1. The van der Waals surface area contributed by atoms with Crippen LogP contribution < -0.4 is 15.8 Å². The number of nitrogens with zero attached hydrogens (tertiary/aromatic N) is 1. The Labute approximate surface area is 184 Å². The molecule has 1 fully saturated rings. The molecule has 0 aliphatic heterocycles. The van der Waals surface area contributed by atoms with Crippen LogP contribution in [0.3, 0.4) is 0 Å². The Morgan fingerprint density at radius 2 is 1.87 bits per heavy atom. The zero-order chi connectivity index (χ0) is 22.1. The molecule has 6 heteroatoms. The molecule has 0 radical (unpaired) electrons. The zero-order valence-electron chi connectivity index (χ0n) is 18.3. The van der Waals surface area contributed by atoms with Gasteiger partial charge in [-0.15, -0.1) is 0 Å². The first-order valence-electron chi connectivity index (χ1n) is 11.1. The molecule has 166 valence electrons. The highest BCUT2D eigenvalue weighted by molar-refractivity contribution is 6.04. The summed E-state index contributed by atoms with van der Waals surface area (Å²) in [6.07, 6.45) is 6.23. The molecule has 0 atom stereocenters. The van der Waals surface area contributed by atoms with Crippen molar-refractivity contribution in [2.75, 3.05) is 25.5 Å². The summed E-state index contributed by atoms with van der Waals surface area (Å²) < 4.78 is 5.20. The number of carbonyl (C=O) groups is 2. The van der Waals surface area contributed by atoms with E-state index in [1.807, 2.05) is 29.2 Å². The summed E-state index contributed by atoms with van der Waals surface area (Å²) in [6.45, 7) is 1.75. The average Bonchev–Trinajstić information content (AvgIpc) is 2.82. The van der Waals surface area contributed by atoms with Crippen LogP contribution in [0.1, 0.15) is 54.4 Å². The van der Waals surface area contributed by atoms with E-state index in [0.717, 1.165) is 37.7 Å². The molecule has 0 spiro atoms. The molecule has 31 heavy (non-hydrogen) atoms. The summed E-state index contributed by atoms with van der Waals surface area (Å²) in [4.78, 5) is 27.7. The van der Waals surface area contributed by atoms with Crippen LogP contribution in [-0.4, -0.2) is 36.9 Å². The van der Waals surface area contributed by atoms with Gasteiger partial charge in [0.15, 0.2) is 0 Å². The van der Waals surface area contributed by atoms with E-state index in [9.17, 15) is 9.59 Å². The van der Waals surface area contributed by atoms with E-state index in [4.69, 9.17) is 10.5 Å². The second-order valence-corrected chi connectivity index (χ2v) is 8.12. The molecular formula is C25H33N3O3. The first-order valence-corrected chi connectivity index (χ1v) is 11.1. The van der Waals surface area contributed by atoms with Gasteiger partial charge in [0, 0.05) is 30.3 Å². The highest BCUT2D eigenvalue weighted by atomic mass is 16.5. The van der Waals surface area contributed by atoms with Crippen molar-refractivity contribution in [3.63, 3.8) is 0 Å². The minimum atomic E-state index is -0.200. The van der Waals surface area contributed by atoms with Crippen molar-refractivity contribution >= 4 is 17.5 Å². The lowest BCUT2D eigenvalue weighted by molar-refractivity contribution is -0.137. The van der Waals surface area contributed by atoms with Gasteiger partial charge < -0.3 is 20.7 Å². The van der Waals surface area contributed by atoms with E-state index in [0.29, 0.717) is 36.6 Å². The summed E-state index contributed by atoms with van der Waals surface area (Å²) in [5.41, 5.74) is 7.93. The predicted molar refractivity (Wildman–Crippen MR) is 123 cm³/mol. The Balaban J connectivity index is 1.69. The number of hydrogen-bond acceptors (Lipinski definition) is 4. The van der Waals surface area contributed by atoms with Gasteiger partial charge in [-0.3, -0.25) is 9.59 Å². The second kappa shape index (κ2) is 11.5. The van der Waals surface area contributed by atoms with E-state index in [1.165, 1.54) is 6.42 Å². The number of nitrogens with two attached hydrogens (primary N) is 1. The molecule has 3 rings (SSSR count). The van der Waals surface area contributed by atoms with Crippen molar-refractivity contribution in [3.8, 4) is 5.75 Å². The highest BCUT2D eigenvalue weighted by Gasteiger charge is 2.25. The minimum Gasteiger partial charge on any atom is -0.497 e. The van der Waals surface area contributed by atoms with Crippen LogP contribution in [0.4, 0.5) is 5.69 Å². The molecule has 6 nitrogen and oxygen atoms in total. The van der Waals surface area contributed by atoms with Crippen molar-refractivity contribution in [1.29, 1.82) is 0 Å². The van der Waals surface area contributed by atoms with Crippen molar-refractivity contribution in [2.45, 2.75) is 45.1 Å². The lowest BCUT2D eigenvalue weighted by Gasteiger charge is -2.29. The number of rotatable bonds is 9. The topological polar surface area (TPSA) is 84.7 Å². The molecule has 1 aliphatic rings. The fourth-order valence-corrected chi connectivity index (χ4v) is 4.09. The van der Waals surface area contributed by atoms with Crippen molar-refractivity contribution in [1.82, 2.24) is 4.90 Å². The number of benzene rings is 2. The molecule has 2 aromatic carbocycles. The number of hydrogen-bond donors (Lipinski definition) is 2. The molecule has 1 saturated carbocycles. The first-order chi connectivity index (χ1) is 15.1. The highest BCUT2D eigenvalue weighted by Crippen LogP contribution is 2.26. The van der Waals surface area contributed by atoms with E-state index in [-0.39, 0.29) is 17.7 Å². The largest absolute Gasteiger partial charge is 0.497 e. The third kappa shape index (κ3) is 6.56. The number of carbonyl (C=O) groups excluding carboxylic acids is 2. The molecule has 0 bridgehead atoms. The summed E-state index contributed by atoms with van der Waals surface area (Å²) >= 11 is 0. The molecule has 3 N–H and O–H groups in total. The van der Waals surface area contributed by atoms with Crippen LogP contribution in [0.2, 0.25) is 0 Å². The molecule has 2 amide bonds. The number of methoxy groups -OCH3 is 1. The van der Waals surface area contributed by atoms with E-state index in [2.05, 4.69) is 5.32 Å². The monoisotopic (exact) mass is 423 g/mol. The standard InChI is InChI=1S/C25H33N3O3/c1-31-23-13-6-11-21(17-23)24(29)27-22-12-5-8-19(16-22)18-28(15-7-14-26)25(30)20-9-3-2-4-10-20/h5-6,8,11-13,16-17,20H,2-4,7,9-10,14-15,18,26H2,1H3,(H,27,29). The van der Waals surface area contributed by atoms with Crippen molar-refractivity contribution in [3.05, 3.63) is 59.7 Å². The number of amides is 2. The minimum absolute atomic E-state index is 0.127. The third-order valence-corrected chi connectivity index (χ3v) is 5.79. The molecule has 0 saturated heterocycles. The quantitative estimate of drug-likeness (QED) is 0.633. The fourth-order valence-electron chi connectivity index (χ4n) is 4.09. The van der Waals surface area contributed by atoms with Gasteiger partial charge in [0.05, 0.1) is 7.11 Å². The van der Waals surface area contributed by atoms with E-state index < -0.39 is 0 Å². The fraction of sp³-hybridized carbons (Fsp3) is 0.440. The van der Waals surface area contributed by atoms with Gasteiger partial charge in [-0.2, -0.15) is 0 Å². The van der Waals surface area contributed by atoms with E-state index >= 15 is 0 Å². The Morgan fingerprint density at radius 3 is 2.61 bits per heavy atom. The van der Waals surface area contributed by atoms with Crippen LogP contribution in [0, 0.1) is 5.92 Å². The van der Waals surface area contributed by atoms with Crippen LogP contribution in [-0.2, 0) is 11.3 Å². The molecule has 0 heterocycles. The van der Waals surface area contributed by atoms with Gasteiger partial charge in [-0.1, -0.05) is 37.5 Å². The number of anilines is 1. The molecular weight excluding hydrogens is 390 g/mol. The first kappa shape index (κ1) is 22.8. The van der Waals surface area contributed by atoms with Crippen LogP contribution in [0.25, 0.3) is 0 Å². The molecule has 2 aromatic rings. The molecule has 0 unspecified atom stereocenters. The Hall–Kier alpha value is -2.86. The van der Waals surface area contributed by atoms with Crippen molar-refractivity contribution in [2.24, 2.45) is 11.7 Å². The van der Waals surface area contributed by atoms with Gasteiger partial charge in [0.2, 0.25) is 5.91 Å². The smallest absolute Gasteiger partial charge is 0.255 e. The normalized spacial score (nSPS) is 14.1. The predicted octanol–water partition coefficient (Wildman–Crippen LogP) is 4.21. The average molecular weight is 424 g/mol. The SMILES string of the molecule is COc1cccc(C(=O)Nc2cccc(CN(CCCN)C(=O)C3CCCCC3)c2)c1. The maximum Gasteiger partial charge on any atom is 0.255 e. The summed E-state index contributed by atoms with van der Waals surface area (Å²) in [7, 11) is 1.57. The van der Waals surface area contributed by atoms with Gasteiger partial charge in [-0.05, 0) is 61.7 Å². The van der Waals surface area contributed by atoms with Gasteiger partial charge >= 0.3 is 0 Å². The van der Waals surface area contributed by atoms with Crippen LogP contribution in [0.5, 0.6) is 5.75 Å². The van der Waals surface area contributed by atoms with Gasteiger partial charge in [-0.25, -0.2) is 0 Å². The van der Waals surface area contributed by atoms with Crippen LogP contribution >= 0.6 is 0 Å². The Kier molecular flexibility index (Phi) is 8.47. The summed E-state index contributed by atoms with van der Waals surface area (Å²) in [5.74, 6) is 0.800.